The summed E-state index contributed by atoms with van der Waals surface area (Å²) in [5.74, 6) is -1.20. The predicted molar refractivity (Wildman–Crippen MR) is 53.4 cm³/mol. The van der Waals surface area contributed by atoms with Crippen molar-refractivity contribution in [2.75, 3.05) is 0 Å². The number of hydrogen-bond donors (Lipinski definition) is 1. The van der Waals surface area contributed by atoms with Crippen LogP contribution in [0.2, 0.25) is 0 Å². The number of hydrogen-bond acceptors (Lipinski definition) is 3. The first-order valence-electron chi connectivity index (χ1n) is 4.67. The molecule has 0 aromatic heterocycles. The Morgan fingerprint density at radius 3 is 1.86 bits per heavy atom. The van der Waals surface area contributed by atoms with Gasteiger partial charge in [-0.15, -0.1) is 0 Å². The normalized spacial score (nSPS) is 15.8. The van der Waals surface area contributed by atoms with Gasteiger partial charge < -0.3 is 10.5 Å². The third-order valence-corrected chi connectivity index (χ3v) is 2.10. The van der Waals surface area contributed by atoms with Crippen molar-refractivity contribution in [2.24, 2.45) is 11.1 Å². The van der Waals surface area contributed by atoms with Crippen molar-refractivity contribution >= 4 is 11.9 Å². The van der Waals surface area contributed by atoms with Crippen LogP contribution in [0.5, 0.6) is 0 Å². The van der Waals surface area contributed by atoms with Gasteiger partial charge in [0.2, 0.25) is 5.91 Å². The summed E-state index contributed by atoms with van der Waals surface area (Å²) in [5.41, 5.74) is 3.35. The lowest BCUT2D eigenvalue weighted by Crippen LogP contribution is -2.44. The fourth-order valence-corrected chi connectivity index (χ4v) is 0.810. The minimum Gasteiger partial charge on any atom is -0.459 e. The van der Waals surface area contributed by atoms with Crippen LogP contribution in [0, 0.1) is 5.41 Å². The second kappa shape index (κ2) is 3.98. The fourth-order valence-electron chi connectivity index (χ4n) is 0.810. The molecular formula is C10H19NO3. The second-order valence-electron chi connectivity index (χ2n) is 4.55. The molecular weight excluding hydrogens is 182 g/mol. The van der Waals surface area contributed by atoms with Crippen molar-refractivity contribution in [3.63, 3.8) is 0 Å². The van der Waals surface area contributed by atoms with E-state index in [1.165, 1.54) is 6.92 Å². The zero-order chi connectivity index (χ0) is 11.6. The largest absolute Gasteiger partial charge is 0.459 e. The Labute approximate surface area is 84.8 Å². The quantitative estimate of drug-likeness (QED) is 0.551. The first-order chi connectivity index (χ1) is 6.13. The number of amides is 1. The van der Waals surface area contributed by atoms with Crippen molar-refractivity contribution in [2.45, 2.75) is 46.6 Å². The van der Waals surface area contributed by atoms with Gasteiger partial charge in [-0.05, 0) is 34.1 Å². The van der Waals surface area contributed by atoms with E-state index in [2.05, 4.69) is 0 Å². The van der Waals surface area contributed by atoms with Gasteiger partial charge in [0.15, 0.2) is 0 Å². The SMILES string of the molecule is CC[C@@](C)(C(N)=O)C(=O)OC(C)(C)C. The minimum atomic E-state index is -1.21. The summed E-state index contributed by atoms with van der Waals surface area (Å²) in [4.78, 5) is 22.7. The van der Waals surface area contributed by atoms with Crippen LogP contribution in [0.25, 0.3) is 0 Å². The summed E-state index contributed by atoms with van der Waals surface area (Å²) in [7, 11) is 0. The highest BCUT2D eigenvalue weighted by Crippen LogP contribution is 2.25. The zero-order valence-corrected chi connectivity index (χ0v) is 9.51. The molecule has 0 aromatic carbocycles. The molecule has 0 heterocycles. The summed E-state index contributed by atoms with van der Waals surface area (Å²) in [5, 5.41) is 0. The molecule has 0 unspecified atom stereocenters. The van der Waals surface area contributed by atoms with E-state index in [9.17, 15) is 9.59 Å². The van der Waals surface area contributed by atoms with E-state index in [0.717, 1.165) is 0 Å². The third-order valence-electron chi connectivity index (χ3n) is 2.10. The number of carbonyl (C=O) groups excluding carboxylic acids is 2. The monoisotopic (exact) mass is 201 g/mol. The Kier molecular flexibility index (Phi) is 3.68. The number of ether oxygens (including phenoxy) is 1. The molecule has 4 nitrogen and oxygen atoms in total. The fraction of sp³-hybridized carbons (Fsp3) is 0.800. The average Bonchev–Trinajstić information content (AvgIpc) is 1.99. The number of carbonyl (C=O) groups is 2. The maximum absolute atomic E-state index is 11.6. The first-order valence-corrected chi connectivity index (χ1v) is 4.67. The van der Waals surface area contributed by atoms with Crippen molar-refractivity contribution in [3.05, 3.63) is 0 Å². The average molecular weight is 201 g/mol. The molecule has 14 heavy (non-hydrogen) atoms. The van der Waals surface area contributed by atoms with E-state index < -0.39 is 22.9 Å². The Balaban J connectivity index is 4.73. The molecule has 2 N–H and O–H groups in total. The van der Waals surface area contributed by atoms with E-state index >= 15 is 0 Å². The standard InChI is InChI=1S/C10H19NO3/c1-6-10(5,7(11)12)8(13)14-9(2,3)4/h6H2,1-5H3,(H2,11,12)/t10-/m0/s1. The highest BCUT2D eigenvalue weighted by Gasteiger charge is 2.40. The summed E-state index contributed by atoms with van der Waals surface area (Å²) >= 11 is 0. The van der Waals surface area contributed by atoms with Gasteiger partial charge in [-0.2, -0.15) is 0 Å². The van der Waals surface area contributed by atoms with E-state index in [1.54, 1.807) is 27.7 Å². The maximum Gasteiger partial charge on any atom is 0.321 e. The van der Waals surface area contributed by atoms with E-state index in [0.29, 0.717) is 6.42 Å². The van der Waals surface area contributed by atoms with Gasteiger partial charge in [0.25, 0.3) is 0 Å². The molecule has 82 valence electrons. The lowest BCUT2D eigenvalue weighted by molar-refractivity contribution is -0.169. The Hall–Kier alpha value is -1.06. The molecule has 0 fully saturated rings. The van der Waals surface area contributed by atoms with Gasteiger partial charge in [-0.3, -0.25) is 9.59 Å². The summed E-state index contributed by atoms with van der Waals surface area (Å²) in [6, 6.07) is 0. The highest BCUT2D eigenvalue weighted by molar-refractivity contribution is 6.01. The smallest absolute Gasteiger partial charge is 0.321 e. The predicted octanol–water partition coefficient (Wildman–Crippen LogP) is 1.23. The van der Waals surface area contributed by atoms with E-state index in [4.69, 9.17) is 10.5 Å². The molecule has 0 aliphatic rings. The topological polar surface area (TPSA) is 69.4 Å². The first kappa shape index (κ1) is 12.9. The van der Waals surface area contributed by atoms with Crippen molar-refractivity contribution in [1.82, 2.24) is 0 Å². The number of rotatable bonds is 3. The molecule has 0 saturated carbocycles. The van der Waals surface area contributed by atoms with Gasteiger partial charge in [-0.25, -0.2) is 0 Å². The molecule has 0 aliphatic heterocycles. The van der Waals surface area contributed by atoms with Crippen LogP contribution < -0.4 is 5.73 Å². The number of nitrogens with two attached hydrogens (primary N) is 1. The molecule has 0 aromatic rings. The van der Waals surface area contributed by atoms with Crippen LogP contribution in [-0.4, -0.2) is 17.5 Å². The van der Waals surface area contributed by atoms with Gasteiger partial charge in [-0.1, -0.05) is 6.92 Å². The molecule has 0 aliphatic carbocycles. The summed E-state index contributed by atoms with van der Waals surface area (Å²) < 4.78 is 5.12. The van der Waals surface area contributed by atoms with Gasteiger partial charge in [0, 0.05) is 0 Å². The van der Waals surface area contributed by atoms with Gasteiger partial charge in [0.05, 0.1) is 0 Å². The molecule has 4 heteroatoms. The molecule has 0 spiro atoms. The number of esters is 1. The number of primary amides is 1. The summed E-state index contributed by atoms with van der Waals surface area (Å²) in [6.45, 7) is 8.49. The third kappa shape index (κ3) is 3.01. The highest BCUT2D eigenvalue weighted by atomic mass is 16.6. The molecule has 0 bridgehead atoms. The Bertz CT molecular complexity index is 242. The molecule has 1 atom stereocenters. The van der Waals surface area contributed by atoms with Crippen molar-refractivity contribution < 1.29 is 14.3 Å². The molecule has 0 saturated heterocycles. The molecule has 1 amide bonds. The molecule has 0 rings (SSSR count). The van der Waals surface area contributed by atoms with Gasteiger partial charge in [0.1, 0.15) is 11.0 Å². The lowest BCUT2D eigenvalue weighted by Gasteiger charge is -2.28. The van der Waals surface area contributed by atoms with Crippen molar-refractivity contribution in [3.8, 4) is 0 Å². The van der Waals surface area contributed by atoms with Crippen LogP contribution in [0.4, 0.5) is 0 Å². The lowest BCUT2D eigenvalue weighted by atomic mass is 9.87. The minimum absolute atomic E-state index is 0.344. The Morgan fingerprint density at radius 2 is 1.64 bits per heavy atom. The van der Waals surface area contributed by atoms with Crippen LogP contribution in [-0.2, 0) is 14.3 Å². The zero-order valence-electron chi connectivity index (χ0n) is 9.51. The van der Waals surface area contributed by atoms with Crippen LogP contribution >= 0.6 is 0 Å². The maximum atomic E-state index is 11.6. The van der Waals surface area contributed by atoms with Crippen LogP contribution in [0.1, 0.15) is 41.0 Å². The Morgan fingerprint density at radius 1 is 1.21 bits per heavy atom. The van der Waals surface area contributed by atoms with Gasteiger partial charge >= 0.3 is 5.97 Å². The van der Waals surface area contributed by atoms with Crippen LogP contribution in [0.3, 0.4) is 0 Å². The van der Waals surface area contributed by atoms with E-state index in [-0.39, 0.29) is 0 Å². The van der Waals surface area contributed by atoms with Crippen LogP contribution in [0.15, 0.2) is 0 Å². The molecule has 0 radical (unpaired) electrons. The second-order valence-corrected chi connectivity index (χ2v) is 4.55. The summed E-state index contributed by atoms with van der Waals surface area (Å²) in [6.07, 6.45) is 0.344. The van der Waals surface area contributed by atoms with E-state index in [1.807, 2.05) is 0 Å². The van der Waals surface area contributed by atoms with Crippen molar-refractivity contribution in [1.29, 1.82) is 0 Å².